The molecule has 0 aliphatic carbocycles. The molecule has 0 N–H and O–H groups in total. The molecule has 0 aliphatic rings. The molecule has 0 radical (unpaired) electrons. The smallest absolute Gasteiger partial charge is 0.331 e. The molecular weight excluding hydrogens is 376 g/mol. The number of carbonyl (C=O) groups is 1. The number of thiazole rings is 1. The Bertz CT molecular complexity index is 1240. The summed E-state index contributed by atoms with van der Waals surface area (Å²) in [6, 6.07) is 16.3. The molecule has 140 valence electrons. The molecule has 2 aromatic carbocycles. The molecule has 0 spiro atoms. The van der Waals surface area contributed by atoms with E-state index in [0.717, 1.165) is 21.5 Å². The molecule has 0 aliphatic heterocycles. The summed E-state index contributed by atoms with van der Waals surface area (Å²) < 4.78 is 12.8. The summed E-state index contributed by atoms with van der Waals surface area (Å²) in [5.41, 5.74) is 1.90. The van der Waals surface area contributed by atoms with Crippen LogP contribution >= 0.6 is 11.3 Å². The minimum absolute atomic E-state index is 0.0637. The van der Waals surface area contributed by atoms with E-state index in [9.17, 15) is 9.59 Å². The molecule has 4 rings (SSSR count). The average molecular weight is 392 g/mol. The summed E-state index contributed by atoms with van der Waals surface area (Å²) in [5.74, 6) is 0.239. The van der Waals surface area contributed by atoms with E-state index in [0.29, 0.717) is 10.7 Å². The molecule has 0 bridgehead atoms. The number of hydrogen-bond donors (Lipinski definition) is 0. The van der Waals surface area contributed by atoms with E-state index in [1.54, 1.807) is 17.6 Å². The quantitative estimate of drug-likeness (QED) is 0.383. The minimum atomic E-state index is -0.505. The van der Waals surface area contributed by atoms with E-state index in [1.165, 1.54) is 23.5 Å². The predicted octanol–water partition coefficient (Wildman–Crippen LogP) is 3.67. The van der Waals surface area contributed by atoms with E-state index in [4.69, 9.17) is 9.47 Å². The molecule has 4 aromatic rings. The Morgan fingerprint density at radius 3 is 2.75 bits per heavy atom. The second-order valence-corrected chi connectivity index (χ2v) is 7.00. The molecule has 0 amide bonds. The van der Waals surface area contributed by atoms with Gasteiger partial charge in [0.25, 0.3) is 5.56 Å². The van der Waals surface area contributed by atoms with Crippen LogP contribution in [-0.4, -0.2) is 22.5 Å². The van der Waals surface area contributed by atoms with Crippen molar-refractivity contribution in [2.24, 2.45) is 0 Å². The van der Waals surface area contributed by atoms with Gasteiger partial charge in [-0.05, 0) is 35.9 Å². The number of benzene rings is 2. The minimum Gasteiger partial charge on any atom is -0.497 e. The van der Waals surface area contributed by atoms with Crippen LogP contribution in [0, 0.1) is 0 Å². The molecule has 0 saturated heterocycles. The molecule has 0 atom stereocenters. The molecule has 0 fully saturated rings. The summed E-state index contributed by atoms with van der Waals surface area (Å²) in [5, 5.41) is 0. The third kappa shape index (κ3) is 3.65. The fraction of sp³-hybridized carbons (Fsp3) is 0.0952. The number of esters is 1. The van der Waals surface area contributed by atoms with E-state index < -0.39 is 5.97 Å². The molecular formula is C21H16N2O4S. The third-order valence-electron chi connectivity index (χ3n) is 4.14. The highest BCUT2D eigenvalue weighted by atomic mass is 32.1. The predicted molar refractivity (Wildman–Crippen MR) is 109 cm³/mol. The van der Waals surface area contributed by atoms with Crippen molar-refractivity contribution < 1.29 is 14.3 Å². The zero-order valence-corrected chi connectivity index (χ0v) is 15.8. The summed E-state index contributed by atoms with van der Waals surface area (Å²) in [4.78, 5) is 29.4. The van der Waals surface area contributed by atoms with Gasteiger partial charge < -0.3 is 9.47 Å². The Hall–Kier alpha value is -3.45. The first kappa shape index (κ1) is 17.9. The third-order valence-corrected chi connectivity index (χ3v) is 5.16. The molecule has 0 unspecified atom stereocenters. The van der Waals surface area contributed by atoms with Gasteiger partial charge in [0.2, 0.25) is 0 Å². The summed E-state index contributed by atoms with van der Waals surface area (Å²) >= 11 is 1.42. The van der Waals surface area contributed by atoms with Crippen LogP contribution in [0.15, 0.2) is 65.5 Å². The van der Waals surface area contributed by atoms with Crippen molar-refractivity contribution in [3.8, 4) is 5.75 Å². The van der Waals surface area contributed by atoms with Crippen molar-refractivity contribution in [1.29, 1.82) is 0 Å². The molecule has 2 heterocycles. The molecule has 7 heteroatoms. The number of rotatable bonds is 5. The maximum Gasteiger partial charge on any atom is 0.331 e. The number of carbonyl (C=O) groups excluding carboxylic acids is 1. The normalized spacial score (nSPS) is 11.3. The van der Waals surface area contributed by atoms with Gasteiger partial charge in [0, 0.05) is 12.1 Å². The van der Waals surface area contributed by atoms with Crippen LogP contribution in [0.2, 0.25) is 0 Å². The Labute approximate surface area is 164 Å². The van der Waals surface area contributed by atoms with Gasteiger partial charge in [-0.1, -0.05) is 35.6 Å². The van der Waals surface area contributed by atoms with Gasteiger partial charge in [-0.15, -0.1) is 0 Å². The number of hydrogen-bond acceptors (Lipinski definition) is 6. The summed E-state index contributed by atoms with van der Waals surface area (Å²) in [7, 11) is 1.60. The molecule has 0 saturated carbocycles. The first-order valence-electron chi connectivity index (χ1n) is 8.53. The van der Waals surface area contributed by atoms with Gasteiger partial charge in [0.1, 0.15) is 12.4 Å². The largest absolute Gasteiger partial charge is 0.497 e. The highest BCUT2D eigenvalue weighted by Crippen LogP contribution is 2.23. The second-order valence-electron chi connectivity index (χ2n) is 5.99. The maximum absolute atomic E-state index is 12.4. The Morgan fingerprint density at radius 1 is 1.18 bits per heavy atom. The molecule has 6 nitrogen and oxygen atoms in total. The van der Waals surface area contributed by atoms with Crippen LogP contribution in [0.3, 0.4) is 0 Å². The standard InChI is InChI=1S/C21H16N2O4S/c1-26-16-9-6-14(7-10-16)8-11-20(25)27-13-15-12-19(24)23-17-4-2-3-5-18(17)28-21(23)22-15/h2-12H,13H2,1H3. The van der Waals surface area contributed by atoms with Crippen molar-refractivity contribution in [2.75, 3.05) is 7.11 Å². The lowest BCUT2D eigenvalue weighted by molar-refractivity contribution is -0.139. The fourth-order valence-electron chi connectivity index (χ4n) is 2.77. The number of fused-ring (bicyclic) bond motifs is 3. The summed E-state index contributed by atoms with van der Waals surface area (Å²) in [6.07, 6.45) is 2.99. The van der Waals surface area contributed by atoms with Gasteiger partial charge in [0.05, 0.1) is 23.0 Å². The highest BCUT2D eigenvalue weighted by molar-refractivity contribution is 7.23. The first-order chi connectivity index (χ1) is 13.6. The monoisotopic (exact) mass is 392 g/mol. The number of nitrogens with zero attached hydrogens (tertiary/aromatic N) is 2. The number of methoxy groups -OCH3 is 1. The Kier molecular flexibility index (Phi) is 4.90. The zero-order chi connectivity index (χ0) is 19.5. The topological polar surface area (TPSA) is 69.9 Å². The zero-order valence-electron chi connectivity index (χ0n) is 15.0. The Morgan fingerprint density at radius 2 is 1.96 bits per heavy atom. The van der Waals surface area contributed by atoms with Crippen LogP contribution in [-0.2, 0) is 16.1 Å². The maximum atomic E-state index is 12.4. The first-order valence-corrected chi connectivity index (χ1v) is 9.35. The fourth-order valence-corrected chi connectivity index (χ4v) is 3.82. The van der Waals surface area contributed by atoms with Crippen molar-refractivity contribution in [3.05, 3.63) is 82.3 Å². The van der Waals surface area contributed by atoms with Crippen LogP contribution in [0.4, 0.5) is 0 Å². The molecule has 28 heavy (non-hydrogen) atoms. The van der Waals surface area contributed by atoms with E-state index in [2.05, 4.69) is 4.98 Å². The number of para-hydroxylation sites is 1. The lowest BCUT2D eigenvalue weighted by Crippen LogP contribution is -2.14. The van der Waals surface area contributed by atoms with Crippen molar-refractivity contribution >= 4 is 38.6 Å². The van der Waals surface area contributed by atoms with E-state index >= 15 is 0 Å². The van der Waals surface area contributed by atoms with Gasteiger partial charge in [0.15, 0.2) is 4.96 Å². The number of aromatic nitrogens is 2. The van der Waals surface area contributed by atoms with Crippen LogP contribution < -0.4 is 10.3 Å². The van der Waals surface area contributed by atoms with Gasteiger partial charge >= 0.3 is 5.97 Å². The number of ether oxygens (including phenoxy) is 2. The van der Waals surface area contributed by atoms with Gasteiger partial charge in [-0.3, -0.25) is 9.20 Å². The second kappa shape index (κ2) is 7.66. The van der Waals surface area contributed by atoms with Crippen molar-refractivity contribution in [1.82, 2.24) is 9.38 Å². The molecule has 2 aromatic heterocycles. The average Bonchev–Trinajstić information content (AvgIpc) is 3.10. The van der Waals surface area contributed by atoms with Crippen molar-refractivity contribution in [2.45, 2.75) is 6.61 Å². The van der Waals surface area contributed by atoms with Gasteiger partial charge in [-0.25, -0.2) is 9.78 Å². The van der Waals surface area contributed by atoms with Crippen LogP contribution in [0.5, 0.6) is 5.75 Å². The van der Waals surface area contributed by atoms with Gasteiger partial charge in [-0.2, -0.15) is 0 Å². The van der Waals surface area contributed by atoms with Crippen LogP contribution in [0.1, 0.15) is 11.3 Å². The lowest BCUT2D eigenvalue weighted by atomic mass is 10.2. The highest BCUT2D eigenvalue weighted by Gasteiger charge is 2.10. The SMILES string of the molecule is COc1ccc(C=CC(=O)OCc2cc(=O)n3c(n2)sc2ccccc23)cc1. The lowest BCUT2D eigenvalue weighted by Gasteiger charge is -2.02. The van der Waals surface area contributed by atoms with E-state index in [-0.39, 0.29) is 12.2 Å². The van der Waals surface area contributed by atoms with Crippen molar-refractivity contribution in [3.63, 3.8) is 0 Å². The Balaban J connectivity index is 1.47. The summed E-state index contributed by atoms with van der Waals surface area (Å²) in [6.45, 7) is -0.0637. The van der Waals surface area contributed by atoms with E-state index in [1.807, 2.05) is 48.5 Å². The van der Waals surface area contributed by atoms with Crippen LogP contribution in [0.25, 0.3) is 21.3 Å².